The Hall–Kier alpha value is -3.86. The van der Waals surface area contributed by atoms with Crippen LogP contribution in [-0.4, -0.2) is 49.0 Å². The van der Waals surface area contributed by atoms with Crippen molar-refractivity contribution in [1.29, 1.82) is 0 Å². The summed E-state index contributed by atoms with van der Waals surface area (Å²) in [6.07, 6.45) is 2.93. The predicted octanol–water partition coefficient (Wildman–Crippen LogP) is 8.67. The van der Waals surface area contributed by atoms with Gasteiger partial charge in [-0.3, -0.25) is 14.6 Å². The molecule has 2 aliphatic heterocycles. The van der Waals surface area contributed by atoms with Crippen molar-refractivity contribution >= 4 is 40.5 Å². The SMILES string of the molecule is [C-]#[N+]c1cccc(-c2ccc3c(c2)CCN(CC(=O)Nc2cc(Cl)cc(Cl)c2)C3C2CCN(Cc3ccccc3OC)CC2)c1. The van der Waals surface area contributed by atoms with Crippen LogP contribution in [0.15, 0.2) is 84.9 Å². The van der Waals surface area contributed by atoms with Gasteiger partial charge in [-0.15, -0.1) is 0 Å². The average Bonchev–Trinajstić information content (AvgIpc) is 3.04. The van der Waals surface area contributed by atoms with Crippen molar-refractivity contribution in [3.8, 4) is 16.9 Å². The number of hydrogen-bond acceptors (Lipinski definition) is 4. The highest BCUT2D eigenvalue weighted by atomic mass is 35.5. The van der Waals surface area contributed by atoms with E-state index in [1.54, 1.807) is 25.3 Å². The number of fused-ring (bicyclic) bond motifs is 1. The Bertz CT molecular complexity index is 1710. The average molecular weight is 640 g/mol. The standard InChI is InChI=1S/C37H36Cl2N4O2/c1-40-32-8-5-7-26(19-32)27-10-11-34-28(18-27)14-17-43(24-36(44)41-33-21-30(38)20-31(39)22-33)37(34)25-12-15-42(16-13-25)23-29-6-3-4-9-35(29)45-2/h3-11,18-22,25,37H,12-17,23-24H2,2H3,(H,41,44). The quantitative estimate of drug-likeness (QED) is 0.196. The number of likely N-dealkylation sites (tertiary alicyclic amines) is 1. The van der Waals surface area contributed by atoms with Crippen molar-refractivity contribution in [2.45, 2.75) is 31.8 Å². The normalized spacial score (nSPS) is 17.3. The molecule has 45 heavy (non-hydrogen) atoms. The van der Waals surface area contributed by atoms with Gasteiger partial charge in [-0.2, -0.15) is 0 Å². The minimum Gasteiger partial charge on any atom is -0.496 e. The fourth-order valence-corrected chi connectivity index (χ4v) is 7.41. The van der Waals surface area contributed by atoms with E-state index in [2.05, 4.69) is 56.4 Å². The van der Waals surface area contributed by atoms with E-state index in [0.717, 1.165) is 62.3 Å². The van der Waals surface area contributed by atoms with Gasteiger partial charge in [0.15, 0.2) is 5.69 Å². The summed E-state index contributed by atoms with van der Waals surface area (Å²) in [5.41, 5.74) is 7.23. The topological polar surface area (TPSA) is 49.2 Å². The number of amides is 1. The van der Waals surface area contributed by atoms with Gasteiger partial charge in [0.05, 0.1) is 20.2 Å². The molecule has 4 aromatic rings. The number of rotatable bonds is 8. The van der Waals surface area contributed by atoms with E-state index in [-0.39, 0.29) is 18.5 Å². The van der Waals surface area contributed by atoms with Gasteiger partial charge in [0, 0.05) is 40.4 Å². The summed E-state index contributed by atoms with van der Waals surface area (Å²) < 4.78 is 5.60. The molecule has 0 aromatic heterocycles. The fraction of sp³-hybridized carbons (Fsp3) is 0.297. The lowest BCUT2D eigenvalue weighted by molar-refractivity contribution is -0.118. The number of nitrogens with one attached hydrogen (secondary N) is 1. The van der Waals surface area contributed by atoms with Crippen LogP contribution in [-0.2, 0) is 17.8 Å². The maximum Gasteiger partial charge on any atom is 0.238 e. The molecule has 8 heteroatoms. The first-order valence-corrected chi connectivity index (χ1v) is 16.1. The van der Waals surface area contributed by atoms with Crippen LogP contribution in [0.3, 0.4) is 0 Å². The van der Waals surface area contributed by atoms with Gasteiger partial charge in [-0.1, -0.05) is 77.8 Å². The van der Waals surface area contributed by atoms with Crippen molar-refractivity contribution in [2.75, 3.05) is 38.6 Å². The molecule has 230 valence electrons. The summed E-state index contributed by atoms with van der Waals surface area (Å²) >= 11 is 12.4. The first-order valence-electron chi connectivity index (χ1n) is 15.3. The molecule has 1 unspecified atom stereocenters. The van der Waals surface area contributed by atoms with E-state index >= 15 is 0 Å². The third-order valence-corrected chi connectivity index (χ3v) is 9.43. The molecule has 1 N–H and O–H groups in total. The molecule has 2 aliphatic rings. The molecule has 1 saturated heterocycles. The van der Waals surface area contributed by atoms with Gasteiger partial charge < -0.3 is 10.1 Å². The number of carbonyl (C=O) groups is 1. The Morgan fingerprint density at radius 1 is 0.933 bits per heavy atom. The number of benzene rings is 4. The third kappa shape index (κ3) is 7.35. The minimum absolute atomic E-state index is 0.0806. The Labute approximate surface area is 275 Å². The van der Waals surface area contributed by atoms with E-state index in [0.29, 0.717) is 27.3 Å². The van der Waals surface area contributed by atoms with Crippen LogP contribution in [0, 0.1) is 12.5 Å². The van der Waals surface area contributed by atoms with E-state index < -0.39 is 0 Å². The largest absolute Gasteiger partial charge is 0.496 e. The van der Waals surface area contributed by atoms with Crippen molar-refractivity contribution in [3.05, 3.63) is 123 Å². The second-order valence-electron chi connectivity index (χ2n) is 11.9. The van der Waals surface area contributed by atoms with Crippen LogP contribution in [0.1, 0.15) is 35.6 Å². The molecule has 1 fully saturated rings. The summed E-state index contributed by atoms with van der Waals surface area (Å²) in [4.78, 5) is 21.8. The summed E-state index contributed by atoms with van der Waals surface area (Å²) in [6.45, 7) is 11.3. The smallest absolute Gasteiger partial charge is 0.238 e. The van der Waals surface area contributed by atoms with Crippen LogP contribution >= 0.6 is 23.2 Å². The fourth-order valence-electron chi connectivity index (χ4n) is 6.89. The molecule has 0 aliphatic carbocycles. The maximum absolute atomic E-state index is 13.4. The second kappa shape index (κ2) is 14.1. The molecular weight excluding hydrogens is 603 g/mol. The molecule has 6 nitrogen and oxygen atoms in total. The van der Waals surface area contributed by atoms with Crippen LogP contribution in [0.5, 0.6) is 5.75 Å². The number of para-hydroxylation sites is 1. The molecule has 2 heterocycles. The molecular formula is C37H36Cl2N4O2. The van der Waals surface area contributed by atoms with Crippen molar-refractivity contribution in [2.24, 2.45) is 5.92 Å². The zero-order valence-corrected chi connectivity index (χ0v) is 26.8. The summed E-state index contributed by atoms with van der Waals surface area (Å²) in [6, 6.07) is 28.0. The van der Waals surface area contributed by atoms with Gasteiger partial charge in [0.1, 0.15) is 5.75 Å². The summed E-state index contributed by atoms with van der Waals surface area (Å²) in [7, 11) is 1.73. The van der Waals surface area contributed by atoms with E-state index in [9.17, 15) is 4.79 Å². The number of methoxy groups -OCH3 is 1. The molecule has 6 rings (SSSR count). The van der Waals surface area contributed by atoms with Crippen LogP contribution in [0.25, 0.3) is 16.0 Å². The van der Waals surface area contributed by atoms with Crippen molar-refractivity contribution in [3.63, 3.8) is 0 Å². The van der Waals surface area contributed by atoms with E-state index in [1.807, 2.05) is 30.3 Å². The number of nitrogens with zero attached hydrogens (tertiary/aromatic N) is 3. The van der Waals surface area contributed by atoms with Gasteiger partial charge in [0.2, 0.25) is 5.91 Å². The molecule has 0 saturated carbocycles. The predicted molar refractivity (Wildman–Crippen MR) is 182 cm³/mol. The first-order chi connectivity index (χ1) is 21.9. The Morgan fingerprint density at radius 2 is 1.69 bits per heavy atom. The highest BCUT2D eigenvalue weighted by Gasteiger charge is 2.36. The molecule has 4 aromatic carbocycles. The number of halogens is 2. The lowest BCUT2D eigenvalue weighted by Crippen LogP contribution is -2.46. The number of carbonyl (C=O) groups excluding carboxylic acids is 1. The van der Waals surface area contributed by atoms with E-state index in [4.69, 9.17) is 34.5 Å². The molecule has 0 radical (unpaired) electrons. The molecule has 1 atom stereocenters. The molecule has 0 bridgehead atoms. The van der Waals surface area contributed by atoms with Crippen molar-refractivity contribution in [1.82, 2.24) is 9.80 Å². The second-order valence-corrected chi connectivity index (χ2v) is 12.7. The minimum atomic E-state index is -0.0806. The van der Waals surface area contributed by atoms with Crippen molar-refractivity contribution < 1.29 is 9.53 Å². The van der Waals surface area contributed by atoms with Crippen LogP contribution in [0.2, 0.25) is 10.0 Å². The van der Waals surface area contributed by atoms with Gasteiger partial charge in [-0.05, 0) is 90.9 Å². The van der Waals surface area contributed by atoms with Gasteiger partial charge >= 0.3 is 0 Å². The number of anilines is 1. The molecule has 1 amide bonds. The summed E-state index contributed by atoms with van der Waals surface area (Å²) in [5, 5.41) is 3.98. The van der Waals surface area contributed by atoms with Gasteiger partial charge in [-0.25, -0.2) is 4.85 Å². The van der Waals surface area contributed by atoms with Crippen LogP contribution in [0.4, 0.5) is 11.4 Å². The number of ether oxygens (including phenoxy) is 1. The number of hydrogen-bond donors (Lipinski definition) is 1. The highest BCUT2D eigenvalue weighted by molar-refractivity contribution is 6.35. The third-order valence-electron chi connectivity index (χ3n) is 8.99. The Kier molecular flexibility index (Phi) is 9.73. The maximum atomic E-state index is 13.4. The zero-order valence-electron chi connectivity index (χ0n) is 25.3. The lowest BCUT2D eigenvalue weighted by atomic mass is 9.79. The molecule has 0 spiro atoms. The Balaban J connectivity index is 1.24. The van der Waals surface area contributed by atoms with Crippen LogP contribution < -0.4 is 10.1 Å². The lowest BCUT2D eigenvalue weighted by Gasteiger charge is -2.44. The Morgan fingerprint density at radius 3 is 2.44 bits per heavy atom. The number of piperidine rings is 1. The highest BCUT2D eigenvalue weighted by Crippen LogP contribution is 2.42. The first kappa shape index (κ1) is 31.1. The zero-order chi connectivity index (χ0) is 31.3. The summed E-state index contributed by atoms with van der Waals surface area (Å²) in [5.74, 6) is 1.25. The van der Waals surface area contributed by atoms with Gasteiger partial charge in [0.25, 0.3) is 0 Å². The monoisotopic (exact) mass is 638 g/mol. The van der Waals surface area contributed by atoms with E-state index in [1.165, 1.54) is 16.7 Å².